The molecule has 2 rings (SSSR count). The number of phenols is 1. The first-order valence-corrected chi connectivity index (χ1v) is 5.09. The van der Waals surface area contributed by atoms with Crippen LogP contribution in [0.3, 0.4) is 0 Å². The van der Waals surface area contributed by atoms with Crippen LogP contribution in [0.1, 0.15) is 11.1 Å². The summed E-state index contributed by atoms with van der Waals surface area (Å²) in [6.45, 7) is 3.78. The van der Waals surface area contributed by atoms with E-state index in [1.165, 1.54) is 0 Å². The van der Waals surface area contributed by atoms with Crippen molar-refractivity contribution in [2.75, 3.05) is 5.73 Å². The number of aryl methyl sites for hydroxylation is 1. The summed E-state index contributed by atoms with van der Waals surface area (Å²) in [5.41, 5.74) is 7.86. The van der Waals surface area contributed by atoms with Gasteiger partial charge in [-0.2, -0.15) is 0 Å². The van der Waals surface area contributed by atoms with Crippen molar-refractivity contribution in [1.29, 1.82) is 0 Å². The van der Waals surface area contributed by atoms with Gasteiger partial charge in [-0.3, -0.25) is 0 Å². The van der Waals surface area contributed by atoms with E-state index in [4.69, 9.17) is 21.9 Å². The molecule has 84 valence electrons. The van der Waals surface area contributed by atoms with Crippen molar-refractivity contribution in [3.05, 3.63) is 28.3 Å². The molecule has 2 aromatic rings. The standard InChI is InChI=1S/C11H11ClN2O2/c1-5-3-7(12)11(15)10(6(5)2)8-4-9(13)14-16-8/h3-4,15H,1-2H3,(H2,13,14). The summed E-state index contributed by atoms with van der Waals surface area (Å²) in [6.07, 6.45) is 0. The van der Waals surface area contributed by atoms with Gasteiger partial charge in [0.15, 0.2) is 11.6 Å². The molecule has 3 N–H and O–H groups in total. The number of hydrogen-bond donors (Lipinski definition) is 2. The highest BCUT2D eigenvalue weighted by Gasteiger charge is 2.17. The fourth-order valence-corrected chi connectivity index (χ4v) is 1.83. The molecule has 0 aliphatic heterocycles. The lowest BCUT2D eigenvalue weighted by molar-refractivity contribution is 0.428. The molecule has 0 bridgehead atoms. The van der Waals surface area contributed by atoms with Crippen LogP contribution in [0.2, 0.25) is 5.02 Å². The number of rotatable bonds is 1. The molecule has 0 fully saturated rings. The molecule has 0 saturated carbocycles. The van der Waals surface area contributed by atoms with E-state index in [9.17, 15) is 5.11 Å². The Bertz CT molecular complexity index is 523. The van der Waals surface area contributed by atoms with Gasteiger partial charge in [0.1, 0.15) is 5.75 Å². The number of halogens is 1. The highest BCUT2D eigenvalue weighted by molar-refractivity contribution is 6.32. The Morgan fingerprint density at radius 1 is 1.38 bits per heavy atom. The molecule has 0 saturated heterocycles. The zero-order valence-electron chi connectivity index (χ0n) is 8.91. The van der Waals surface area contributed by atoms with Crippen molar-refractivity contribution in [1.82, 2.24) is 5.16 Å². The summed E-state index contributed by atoms with van der Waals surface area (Å²) in [6, 6.07) is 3.26. The first-order valence-electron chi connectivity index (χ1n) is 4.72. The van der Waals surface area contributed by atoms with E-state index < -0.39 is 0 Å². The van der Waals surface area contributed by atoms with E-state index in [1.807, 2.05) is 13.8 Å². The summed E-state index contributed by atoms with van der Waals surface area (Å²) in [4.78, 5) is 0. The Hall–Kier alpha value is -1.68. The normalized spacial score (nSPS) is 10.7. The number of nitrogens with two attached hydrogens (primary N) is 1. The Balaban J connectivity index is 2.73. The summed E-state index contributed by atoms with van der Waals surface area (Å²) in [5, 5.41) is 13.8. The van der Waals surface area contributed by atoms with Crippen LogP contribution in [-0.4, -0.2) is 10.3 Å². The summed E-state index contributed by atoms with van der Waals surface area (Å²) in [5.74, 6) is 0.672. The first-order chi connectivity index (χ1) is 7.50. The number of benzene rings is 1. The van der Waals surface area contributed by atoms with Gasteiger partial charge in [-0.25, -0.2) is 0 Å². The SMILES string of the molecule is Cc1cc(Cl)c(O)c(-c2cc(N)no2)c1C. The van der Waals surface area contributed by atoms with Crippen LogP contribution in [0.15, 0.2) is 16.7 Å². The average Bonchev–Trinajstić information content (AvgIpc) is 2.62. The summed E-state index contributed by atoms with van der Waals surface area (Å²) in [7, 11) is 0. The molecular weight excluding hydrogens is 228 g/mol. The van der Waals surface area contributed by atoms with E-state index in [2.05, 4.69) is 5.16 Å². The minimum absolute atomic E-state index is 0.0130. The molecule has 4 nitrogen and oxygen atoms in total. The van der Waals surface area contributed by atoms with Crippen LogP contribution in [0.5, 0.6) is 5.75 Å². The summed E-state index contributed by atoms with van der Waals surface area (Å²) < 4.78 is 5.03. The van der Waals surface area contributed by atoms with Crippen molar-refractivity contribution in [3.63, 3.8) is 0 Å². The van der Waals surface area contributed by atoms with Gasteiger partial charge < -0.3 is 15.4 Å². The number of nitrogen functional groups attached to an aromatic ring is 1. The molecule has 5 heteroatoms. The molecule has 0 amide bonds. The molecule has 0 radical (unpaired) electrons. The average molecular weight is 239 g/mol. The van der Waals surface area contributed by atoms with E-state index in [1.54, 1.807) is 12.1 Å². The lowest BCUT2D eigenvalue weighted by Gasteiger charge is -2.09. The predicted octanol–water partition coefficient (Wildman–Crippen LogP) is 2.90. The third-order valence-electron chi connectivity index (χ3n) is 2.55. The number of hydrogen-bond acceptors (Lipinski definition) is 4. The third-order valence-corrected chi connectivity index (χ3v) is 2.84. The number of phenolic OH excluding ortho intramolecular Hbond substituents is 1. The van der Waals surface area contributed by atoms with E-state index in [0.717, 1.165) is 11.1 Å². The number of aromatic hydroxyl groups is 1. The molecule has 0 aliphatic carbocycles. The highest BCUT2D eigenvalue weighted by atomic mass is 35.5. The van der Waals surface area contributed by atoms with Crippen LogP contribution in [0, 0.1) is 13.8 Å². The zero-order valence-corrected chi connectivity index (χ0v) is 9.67. The molecule has 1 heterocycles. The molecular formula is C11H11ClN2O2. The number of aromatic nitrogens is 1. The minimum atomic E-state index is -0.0130. The smallest absolute Gasteiger partial charge is 0.173 e. The monoisotopic (exact) mass is 238 g/mol. The van der Waals surface area contributed by atoms with Gasteiger partial charge in [-0.1, -0.05) is 16.8 Å². The van der Waals surface area contributed by atoms with Crippen molar-refractivity contribution in [3.8, 4) is 17.1 Å². The molecule has 1 aromatic heterocycles. The largest absolute Gasteiger partial charge is 0.506 e. The second-order valence-corrected chi connectivity index (χ2v) is 4.05. The second kappa shape index (κ2) is 3.72. The third kappa shape index (κ3) is 1.61. The van der Waals surface area contributed by atoms with Crippen LogP contribution in [-0.2, 0) is 0 Å². The number of anilines is 1. The first kappa shape index (κ1) is 10.8. The van der Waals surface area contributed by atoms with Gasteiger partial charge in [0.2, 0.25) is 0 Å². The molecule has 0 unspecified atom stereocenters. The van der Waals surface area contributed by atoms with Gasteiger partial charge in [0.25, 0.3) is 0 Å². The van der Waals surface area contributed by atoms with Crippen molar-refractivity contribution in [2.45, 2.75) is 13.8 Å². The zero-order chi connectivity index (χ0) is 11.9. The Kier molecular flexibility index (Phi) is 2.52. The predicted molar refractivity (Wildman–Crippen MR) is 62.5 cm³/mol. The van der Waals surface area contributed by atoms with E-state index in [0.29, 0.717) is 11.3 Å². The van der Waals surface area contributed by atoms with Gasteiger partial charge in [-0.05, 0) is 31.0 Å². The van der Waals surface area contributed by atoms with Crippen molar-refractivity contribution < 1.29 is 9.63 Å². The van der Waals surface area contributed by atoms with Crippen molar-refractivity contribution >= 4 is 17.4 Å². The Morgan fingerprint density at radius 2 is 2.06 bits per heavy atom. The fourth-order valence-electron chi connectivity index (χ4n) is 1.57. The lowest BCUT2D eigenvalue weighted by atomic mass is 10.0. The van der Waals surface area contributed by atoms with Crippen molar-refractivity contribution in [2.24, 2.45) is 0 Å². The van der Waals surface area contributed by atoms with Gasteiger partial charge >= 0.3 is 0 Å². The van der Waals surface area contributed by atoms with Crippen LogP contribution >= 0.6 is 11.6 Å². The topological polar surface area (TPSA) is 72.3 Å². The maximum Gasteiger partial charge on any atom is 0.173 e. The van der Waals surface area contributed by atoms with Gasteiger partial charge in [-0.15, -0.1) is 0 Å². The Labute approximate surface area is 97.6 Å². The molecule has 1 aromatic carbocycles. The van der Waals surface area contributed by atoms with Gasteiger partial charge in [0.05, 0.1) is 10.6 Å². The minimum Gasteiger partial charge on any atom is -0.506 e. The Morgan fingerprint density at radius 3 is 2.62 bits per heavy atom. The lowest BCUT2D eigenvalue weighted by Crippen LogP contribution is -1.88. The molecule has 0 spiro atoms. The fraction of sp³-hybridized carbons (Fsp3) is 0.182. The summed E-state index contributed by atoms with van der Waals surface area (Å²) >= 11 is 5.90. The van der Waals surface area contributed by atoms with Crippen LogP contribution in [0.25, 0.3) is 11.3 Å². The maximum atomic E-state index is 9.90. The highest BCUT2D eigenvalue weighted by Crippen LogP contribution is 2.39. The molecule has 0 atom stereocenters. The molecule has 16 heavy (non-hydrogen) atoms. The van der Waals surface area contributed by atoms with E-state index >= 15 is 0 Å². The quantitative estimate of drug-likeness (QED) is 0.801. The van der Waals surface area contributed by atoms with Gasteiger partial charge in [0, 0.05) is 6.07 Å². The van der Waals surface area contributed by atoms with E-state index in [-0.39, 0.29) is 16.6 Å². The van der Waals surface area contributed by atoms with Crippen LogP contribution < -0.4 is 5.73 Å². The van der Waals surface area contributed by atoms with Crippen LogP contribution in [0.4, 0.5) is 5.82 Å². The molecule has 0 aliphatic rings. The number of nitrogens with zero attached hydrogens (tertiary/aromatic N) is 1. The second-order valence-electron chi connectivity index (χ2n) is 3.64. The maximum absolute atomic E-state index is 9.90.